The first kappa shape index (κ1) is 22.3. The van der Waals surface area contributed by atoms with Crippen molar-refractivity contribution in [2.24, 2.45) is 17.6 Å². The van der Waals surface area contributed by atoms with Gasteiger partial charge in [-0.25, -0.2) is 0 Å². The average molecular weight is 469 g/mol. The summed E-state index contributed by atoms with van der Waals surface area (Å²) in [6.07, 6.45) is 1.41. The fourth-order valence-electron chi connectivity index (χ4n) is 5.10. The van der Waals surface area contributed by atoms with Crippen LogP contribution in [0.1, 0.15) is 35.4 Å². The van der Waals surface area contributed by atoms with Crippen molar-refractivity contribution >= 4 is 11.9 Å². The highest BCUT2D eigenvalue weighted by Crippen LogP contribution is 2.52. The first-order valence-corrected chi connectivity index (χ1v) is 11.3. The van der Waals surface area contributed by atoms with E-state index in [2.05, 4.69) is 0 Å². The van der Waals surface area contributed by atoms with E-state index in [1.165, 1.54) is 14.2 Å². The van der Waals surface area contributed by atoms with Crippen molar-refractivity contribution in [2.75, 3.05) is 34.2 Å². The van der Waals surface area contributed by atoms with Crippen LogP contribution in [0.2, 0.25) is 0 Å². The standard InChI is InChI=1S/C25H27NO8/c1-29-19-8-14(9-20(30-2)24(19)34-21(27)4-3-5-26)22-16-10-18-17(32-12-33-18)7-13(16)6-15-11-31-25(28)23(15)22/h7-10,15,22-23H,3-6,11-12,26H2,1-2H3/t15-,22+,23-/m0/s1. The van der Waals surface area contributed by atoms with E-state index in [1.807, 2.05) is 12.1 Å². The summed E-state index contributed by atoms with van der Waals surface area (Å²) < 4.78 is 33.4. The van der Waals surface area contributed by atoms with Gasteiger partial charge in [-0.3, -0.25) is 9.59 Å². The molecule has 3 atom stereocenters. The maximum absolute atomic E-state index is 12.8. The fourth-order valence-corrected chi connectivity index (χ4v) is 5.10. The van der Waals surface area contributed by atoms with Crippen LogP contribution < -0.4 is 29.4 Å². The zero-order valence-corrected chi connectivity index (χ0v) is 19.1. The molecule has 9 nitrogen and oxygen atoms in total. The van der Waals surface area contributed by atoms with Gasteiger partial charge in [-0.05, 0) is 60.3 Å². The van der Waals surface area contributed by atoms with Crippen LogP contribution in [0.5, 0.6) is 28.7 Å². The van der Waals surface area contributed by atoms with Crippen LogP contribution in [0.3, 0.4) is 0 Å². The van der Waals surface area contributed by atoms with E-state index in [0.717, 1.165) is 16.7 Å². The molecule has 34 heavy (non-hydrogen) atoms. The minimum atomic E-state index is -0.426. The lowest BCUT2D eigenvalue weighted by atomic mass is 9.67. The molecule has 0 radical (unpaired) electrons. The SMILES string of the molecule is COc1cc([C@@H]2c3cc4c(cc3C[C@H]3COC(=O)[C@@H]32)OCO4)cc(OC)c1OC(=O)CCCN. The van der Waals surface area contributed by atoms with Crippen LogP contribution in [0, 0.1) is 11.8 Å². The molecule has 2 aliphatic heterocycles. The number of carbonyl (C=O) groups is 2. The molecule has 2 heterocycles. The number of methoxy groups -OCH3 is 2. The van der Waals surface area contributed by atoms with Gasteiger partial charge in [0.2, 0.25) is 12.5 Å². The van der Waals surface area contributed by atoms with Crippen LogP contribution in [0.25, 0.3) is 0 Å². The summed E-state index contributed by atoms with van der Waals surface area (Å²) in [6, 6.07) is 7.53. The van der Waals surface area contributed by atoms with Gasteiger partial charge in [0.15, 0.2) is 23.0 Å². The summed E-state index contributed by atoms with van der Waals surface area (Å²) in [5, 5.41) is 0. The molecule has 1 saturated heterocycles. The predicted octanol–water partition coefficient (Wildman–Crippen LogP) is 2.55. The van der Waals surface area contributed by atoms with Crippen molar-refractivity contribution in [1.82, 2.24) is 0 Å². The molecule has 0 amide bonds. The third-order valence-corrected chi connectivity index (χ3v) is 6.67. The second-order valence-electron chi connectivity index (χ2n) is 8.62. The van der Waals surface area contributed by atoms with E-state index in [1.54, 1.807) is 12.1 Å². The van der Waals surface area contributed by atoms with Crippen molar-refractivity contribution in [3.05, 3.63) is 41.0 Å². The van der Waals surface area contributed by atoms with E-state index in [0.29, 0.717) is 49.0 Å². The van der Waals surface area contributed by atoms with E-state index in [4.69, 9.17) is 34.2 Å². The van der Waals surface area contributed by atoms with Gasteiger partial charge >= 0.3 is 11.9 Å². The van der Waals surface area contributed by atoms with Crippen molar-refractivity contribution in [2.45, 2.75) is 25.2 Å². The van der Waals surface area contributed by atoms with Gasteiger partial charge in [0.25, 0.3) is 0 Å². The molecule has 3 aliphatic rings. The summed E-state index contributed by atoms with van der Waals surface area (Å²) in [5.41, 5.74) is 8.36. The van der Waals surface area contributed by atoms with Crippen molar-refractivity contribution in [1.29, 1.82) is 0 Å². The molecule has 0 bridgehead atoms. The number of hydrogen-bond donors (Lipinski definition) is 1. The Bertz CT molecular complexity index is 1110. The lowest BCUT2D eigenvalue weighted by molar-refractivity contribution is -0.141. The summed E-state index contributed by atoms with van der Waals surface area (Å²) >= 11 is 0. The molecule has 2 aromatic rings. The first-order valence-electron chi connectivity index (χ1n) is 11.3. The van der Waals surface area contributed by atoms with E-state index < -0.39 is 5.97 Å². The number of rotatable bonds is 7. The number of fused-ring (bicyclic) bond motifs is 3. The Kier molecular flexibility index (Phi) is 5.95. The van der Waals surface area contributed by atoms with Gasteiger partial charge in [-0.15, -0.1) is 0 Å². The van der Waals surface area contributed by atoms with Crippen LogP contribution in [-0.4, -0.2) is 46.1 Å². The third kappa shape index (κ3) is 3.79. The lowest BCUT2D eigenvalue weighted by Crippen LogP contribution is -2.31. The van der Waals surface area contributed by atoms with Crippen LogP contribution in [0.4, 0.5) is 0 Å². The Balaban J connectivity index is 1.60. The highest BCUT2D eigenvalue weighted by atomic mass is 16.7. The number of hydrogen-bond acceptors (Lipinski definition) is 9. The molecule has 0 saturated carbocycles. The summed E-state index contributed by atoms with van der Waals surface area (Å²) in [4.78, 5) is 25.1. The van der Waals surface area contributed by atoms with Gasteiger partial charge in [0.1, 0.15) is 0 Å². The van der Waals surface area contributed by atoms with Crippen LogP contribution >= 0.6 is 0 Å². The normalized spacial score (nSPS) is 22.0. The number of benzene rings is 2. The molecular weight excluding hydrogens is 442 g/mol. The molecule has 2 N–H and O–H groups in total. The molecule has 0 spiro atoms. The molecule has 0 aromatic heterocycles. The zero-order valence-electron chi connectivity index (χ0n) is 19.1. The second kappa shape index (κ2) is 9.06. The maximum Gasteiger partial charge on any atom is 0.311 e. The molecule has 180 valence electrons. The van der Waals surface area contributed by atoms with Gasteiger partial charge in [-0.1, -0.05) is 0 Å². The van der Waals surface area contributed by atoms with Crippen molar-refractivity contribution in [3.8, 4) is 28.7 Å². The fraction of sp³-hybridized carbons (Fsp3) is 0.440. The molecular formula is C25H27NO8. The molecule has 1 fully saturated rings. The Hall–Kier alpha value is -3.46. The monoisotopic (exact) mass is 469 g/mol. The number of esters is 2. The topological polar surface area (TPSA) is 116 Å². The lowest BCUT2D eigenvalue weighted by Gasteiger charge is -2.34. The van der Waals surface area contributed by atoms with Crippen LogP contribution in [-0.2, 0) is 20.7 Å². The number of cyclic esters (lactones) is 1. The van der Waals surface area contributed by atoms with Gasteiger partial charge in [0.05, 0.1) is 26.7 Å². The maximum atomic E-state index is 12.8. The third-order valence-electron chi connectivity index (χ3n) is 6.67. The summed E-state index contributed by atoms with van der Waals surface area (Å²) in [5.74, 6) is 0.937. The minimum Gasteiger partial charge on any atom is -0.493 e. The predicted molar refractivity (Wildman–Crippen MR) is 120 cm³/mol. The van der Waals surface area contributed by atoms with Crippen LogP contribution in [0.15, 0.2) is 24.3 Å². The smallest absolute Gasteiger partial charge is 0.311 e. The molecule has 1 aliphatic carbocycles. The first-order chi connectivity index (χ1) is 16.5. The largest absolute Gasteiger partial charge is 0.493 e. The van der Waals surface area contributed by atoms with E-state index >= 15 is 0 Å². The minimum absolute atomic E-state index is 0.0381. The molecule has 2 aromatic carbocycles. The van der Waals surface area contributed by atoms with Gasteiger partial charge < -0.3 is 34.2 Å². The van der Waals surface area contributed by atoms with Crippen molar-refractivity contribution < 1.29 is 38.0 Å². The average Bonchev–Trinajstić information content (AvgIpc) is 3.45. The highest BCUT2D eigenvalue weighted by Gasteiger charge is 2.48. The molecule has 9 heteroatoms. The molecule has 5 rings (SSSR count). The Morgan fingerprint density at radius 2 is 1.76 bits per heavy atom. The Labute approximate surface area is 197 Å². The Morgan fingerprint density at radius 1 is 1.06 bits per heavy atom. The molecule has 0 unspecified atom stereocenters. The zero-order chi connectivity index (χ0) is 23.8. The summed E-state index contributed by atoms with van der Waals surface area (Å²) in [7, 11) is 2.99. The quantitative estimate of drug-likeness (QED) is 0.482. The number of nitrogens with two attached hydrogens (primary N) is 1. The van der Waals surface area contributed by atoms with Gasteiger partial charge in [0, 0.05) is 18.3 Å². The second-order valence-corrected chi connectivity index (χ2v) is 8.62. The number of carbonyl (C=O) groups excluding carboxylic acids is 2. The summed E-state index contributed by atoms with van der Waals surface area (Å²) in [6.45, 7) is 0.934. The van der Waals surface area contributed by atoms with E-state index in [9.17, 15) is 9.59 Å². The van der Waals surface area contributed by atoms with Gasteiger partial charge in [-0.2, -0.15) is 0 Å². The number of ether oxygens (including phenoxy) is 6. The Morgan fingerprint density at radius 3 is 2.44 bits per heavy atom. The van der Waals surface area contributed by atoms with E-state index in [-0.39, 0.29) is 42.7 Å². The highest BCUT2D eigenvalue weighted by molar-refractivity contribution is 5.79. The van der Waals surface area contributed by atoms with Crippen molar-refractivity contribution in [3.63, 3.8) is 0 Å².